The van der Waals surface area contributed by atoms with Gasteiger partial charge >= 0.3 is 6.09 Å². The standard InChI is InChI=1S/C23H25N3O4/c1-14(2)10-20-18(12-25-23(28)29)22(15-6-4-3-5-7-15)17-11-16(30-13-21(24)27)8-9-19(17)26-20/h3-9,11,14,25H,10,12-13H2,1-2H3,(H2,24,27)(H,28,29). The second-order valence-electron chi connectivity index (χ2n) is 7.47. The van der Waals surface area contributed by atoms with Gasteiger partial charge in [-0.1, -0.05) is 44.2 Å². The first-order valence-corrected chi connectivity index (χ1v) is 9.74. The lowest BCUT2D eigenvalue weighted by atomic mass is 9.91. The van der Waals surface area contributed by atoms with Gasteiger partial charge in [-0.2, -0.15) is 0 Å². The highest BCUT2D eigenvalue weighted by Gasteiger charge is 2.19. The van der Waals surface area contributed by atoms with Crippen molar-refractivity contribution >= 4 is 22.9 Å². The minimum Gasteiger partial charge on any atom is -0.484 e. The summed E-state index contributed by atoms with van der Waals surface area (Å²) in [4.78, 5) is 27.2. The Hall–Kier alpha value is -3.61. The van der Waals surface area contributed by atoms with Gasteiger partial charge in [0, 0.05) is 23.2 Å². The van der Waals surface area contributed by atoms with Crippen LogP contribution >= 0.6 is 0 Å². The molecule has 0 radical (unpaired) electrons. The topological polar surface area (TPSA) is 115 Å². The van der Waals surface area contributed by atoms with Gasteiger partial charge in [-0.25, -0.2) is 4.79 Å². The third-order valence-corrected chi connectivity index (χ3v) is 4.60. The number of fused-ring (bicyclic) bond motifs is 1. The molecule has 3 aromatic rings. The summed E-state index contributed by atoms with van der Waals surface area (Å²) in [5.41, 5.74) is 9.50. The first-order chi connectivity index (χ1) is 14.3. The van der Waals surface area contributed by atoms with Crippen molar-refractivity contribution in [2.24, 2.45) is 11.7 Å². The number of amides is 2. The quantitative estimate of drug-likeness (QED) is 0.526. The maximum atomic E-state index is 11.2. The van der Waals surface area contributed by atoms with Crippen LogP contribution in [0.1, 0.15) is 25.1 Å². The van der Waals surface area contributed by atoms with Crippen molar-refractivity contribution < 1.29 is 19.4 Å². The Bertz CT molecular complexity index is 1060. The third-order valence-electron chi connectivity index (χ3n) is 4.60. The molecule has 0 saturated carbocycles. The summed E-state index contributed by atoms with van der Waals surface area (Å²) in [5, 5.41) is 12.5. The van der Waals surface area contributed by atoms with Crippen molar-refractivity contribution in [3.63, 3.8) is 0 Å². The Morgan fingerprint density at radius 1 is 1.17 bits per heavy atom. The van der Waals surface area contributed by atoms with Crippen LogP contribution in [0.3, 0.4) is 0 Å². The van der Waals surface area contributed by atoms with Crippen LogP contribution in [0.5, 0.6) is 5.75 Å². The lowest BCUT2D eigenvalue weighted by Gasteiger charge is -2.19. The van der Waals surface area contributed by atoms with Crippen molar-refractivity contribution in [1.82, 2.24) is 10.3 Å². The van der Waals surface area contributed by atoms with E-state index >= 15 is 0 Å². The number of ether oxygens (including phenoxy) is 1. The number of aromatic nitrogens is 1. The van der Waals surface area contributed by atoms with Crippen LogP contribution in [-0.2, 0) is 17.8 Å². The van der Waals surface area contributed by atoms with Gasteiger partial charge in [0.1, 0.15) is 5.75 Å². The van der Waals surface area contributed by atoms with E-state index in [9.17, 15) is 14.7 Å². The molecule has 0 aliphatic carbocycles. The molecular formula is C23H25N3O4. The second-order valence-corrected chi connectivity index (χ2v) is 7.47. The highest BCUT2D eigenvalue weighted by molar-refractivity contribution is 5.97. The van der Waals surface area contributed by atoms with Crippen molar-refractivity contribution in [1.29, 1.82) is 0 Å². The van der Waals surface area contributed by atoms with Crippen LogP contribution in [0.15, 0.2) is 48.5 Å². The third kappa shape index (κ3) is 5.05. The molecule has 0 fully saturated rings. The number of carbonyl (C=O) groups excluding carboxylic acids is 1. The molecule has 0 aliphatic heterocycles. The zero-order valence-electron chi connectivity index (χ0n) is 17.0. The van der Waals surface area contributed by atoms with Crippen LogP contribution in [0.25, 0.3) is 22.0 Å². The number of pyridine rings is 1. The second kappa shape index (κ2) is 9.26. The number of nitrogens with one attached hydrogen (secondary N) is 1. The van der Waals surface area contributed by atoms with Crippen LogP contribution in [0, 0.1) is 5.92 Å². The number of hydrogen-bond acceptors (Lipinski definition) is 4. The van der Waals surface area contributed by atoms with Crippen molar-refractivity contribution in [2.45, 2.75) is 26.8 Å². The molecule has 7 heteroatoms. The molecular weight excluding hydrogens is 382 g/mol. The fourth-order valence-electron chi connectivity index (χ4n) is 3.42. The molecule has 0 unspecified atom stereocenters. The molecule has 2 amide bonds. The molecule has 3 rings (SSSR count). The lowest BCUT2D eigenvalue weighted by molar-refractivity contribution is -0.119. The summed E-state index contributed by atoms with van der Waals surface area (Å²) >= 11 is 0. The number of primary amides is 1. The number of carbonyl (C=O) groups is 2. The van der Waals surface area contributed by atoms with Gasteiger partial charge in [-0.15, -0.1) is 0 Å². The maximum Gasteiger partial charge on any atom is 0.404 e. The summed E-state index contributed by atoms with van der Waals surface area (Å²) in [7, 11) is 0. The van der Waals surface area contributed by atoms with E-state index in [1.54, 1.807) is 6.07 Å². The van der Waals surface area contributed by atoms with Crippen LogP contribution < -0.4 is 15.8 Å². The highest BCUT2D eigenvalue weighted by atomic mass is 16.5. The Balaban J connectivity index is 2.26. The molecule has 4 N–H and O–H groups in total. The van der Waals surface area contributed by atoms with Crippen LogP contribution in [0.4, 0.5) is 4.79 Å². The van der Waals surface area contributed by atoms with Gasteiger partial charge in [-0.3, -0.25) is 9.78 Å². The Morgan fingerprint density at radius 3 is 2.53 bits per heavy atom. The van der Waals surface area contributed by atoms with Gasteiger partial charge < -0.3 is 20.9 Å². The maximum absolute atomic E-state index is 11.2. The van der Waals surface area contributed by atoms with Gasteiger partial charge in [0.05, 0.1) is 5.52 Å². The van der Waals surface area contributed by atoms with E-state index in [2.05, 4.69) is 19.2 Å². The molecule has 1 aromatic heterocycles. The first-order valence-electron chi connectivity index (χ1n) is 9.74. The van der Waals surface area contributed by atoms with E-state index in [-0.39, 0.29) is 13.2 Å². The van der Waals surface area contributed by atoms with Crippen molar-refractivity contribution in [3.05, 3.63) is 59.8 Å². The molecule has 7 nitrogen and oxygen atoms in total. The molecule has 30 heavy (non-hydrogen) atoms. The molecule has 2 aromatic carbocycles. The van der Waals surface area contributed by atoms with Gasteiger partial charge in [0.15, 0.2) is 6.61 Å². The average Bonchev–Trinajstić information content (AvgIpc) is 2.70. The van der Waals surface area contributed by atoms with E-state index in [1.807, 2.05) is 42.5 Å². The van der Waals surface area contributed by atoms with Crippen molar-refractivity contribution in [3.8, 4) is 16.9 Å². The SMILES string of the molecule is CC(C)Cc1nc2ccc(OCC(N)=O)cc2c(-c2ccccc2)c1CNC(=O)O. The lowest BCUT2D eigenvalue weighted by Crippen LogP contribution is -2.22. The van der Waals surface area contributed by atoms with Crippen LogP contribution in [0.2, 0.25) is 0 Å². The number of rotatable bonds is 8. The minimum absolute atomic E-state index is 0.136. The number of nitrogens with two attached hydrogens (primary N) is 1. The number of benzene rings is 2. The predicted molar refractivity (Wildman–Crippen MR) is 115 cm³/mol. The molecule has 0 spiro atoms. The zero-order chi connectivity index (χ0) is 21.7. The number of nitrogens with zero attached hydrogens (tertiary/aromatic N) is 1. The molecule has 0 bridgehead atoms. The summed E-state index contributed by atoms with van der Waals surface area (Å²) < 4.78 is 5.49. The Morgan fingerprint density at radius 2 is 1.90 bits per heavy atom. The summed E-state index contributed by atoms with van der Waals surface area (Å²) in [6.07, 6.45) is -0.380. The fourth-order valence-corrected chi connectivity index (χ4v) is 3.42. The van der Waals surface area contributed by atoms with E-state index < -0.39 is 12.0 Å². The van der Waals surface area contributed by atoms with E-state index in [0.29, 0.717) is 18.1 Å². The number of carboxylic acid groups (broad SMARTS) is 1. The molecule has 0 saturated heterocycles. The summed E-state index contributed by atoms with van der Waals surface area (Å²) in [5.74, 6) is 0.282. The number of hydrogen-bond donors (Lipinski definition) is 3. The normalized spacial score (nSPS) is 10.9. The fraction of sp³-hybridized carbons (Fsp3) is 0.261. The van der Waals surface area contributed by atoms with Crippen LogP contribution in [-0.4, -0.2) is 28.7 Å². The average molecular weight is 407 g/mol. The zero-order valence-corrected chi connectivity index (χ0v) is 17.0. The molecule has 156 valence electrons. The minimum atomic E-state index is -1.09. The molecule has 0 atom stereocenters. The summed E-state index contributed by atoms with van der Waals surface area (Å²) in [6.45, 7) is 4.11. The highest BCUT2D eigenvalue weighted by Crippen LogP contribution is 2.35. The predicted octanol–water partition coefficient (Wildman–Crippen LogP) is 3.73. The smallest absolute Gasteiger partial charge is 0.404 e. The Kier molecular flexibility index (Phi) is 6.51. The van der Waals surface area contributed by atoms with Gasteiger partial charge in [0.25, 0.3) is 5.91 Å². The first kappa shape index (κ1) is 21.1. The van der Waals surface area contributed by atoms with Crippen molar-refractivity contribution in [2.75, 3.05) is 6.61 Å². The Labute approximate surface area is 174 Å². The van der Waals surface area contributed by atoms with E-state index in [1.165, 1.54) is 0 Å². The molecule has 1 heterocycles. The summed E-state index contributed by atoms with van der Waals surface area (Å²) in [6, 6.07) is 15.2. The van der Waals surface area contributed by atoms with Gasteiger partial charge in [-0.05, 0) is 41.7 Å². The van der Waals surface area contributed by atoms with E-state index in [0.717, 1.165) is 33.3 Å². The molecule has 0 aliphatic rings. The monoisotopic (exact) mass is 407 g/mol. The van der Waals surface area contributed by atoms with Gasteiger partial charge in [0.2, 0.25) is 0 Å². The largest absolute Gasteiger partial charge is 0.484 e. The van der Waals surface area contributed by atoms with E-state index in [4.69, 9.17) is 15.5 Å².